The fourth-order valence-corrected chi connectivity index (χ4v) is 3.93. The standard InChI is InChI=1S/C23H25N3O/c1-3-18-9-4-5-11-20(18)24-23(27)26-15-14-25-13-7-12-21(25)22(26)19-10-6-8-17(2)16-19/h4-13,16,22H,3,14-15H2,1-2H3,(H,24,27). The fraction of sp³-hybridized carbons (Fsp3) is 0.261. The van der Waals surface area contributed by atoms with Crippen LogP contribution in [0.4, 0.5) is 10.5 Å². The number of fused-ring (bicyclic) bond motifs is 1. The van der Waals surface area contributed by atoms with Gasteiger partial charge in [0, 0.05) is 30.7 Å². The Morgan fingerprint density at radius 2 is 1.93 bits per heavy atom. The molecule has 1 aliphatic heterocycles. The lowest BCUT2D eigenvalue weighted by atomic mass is 9.98. The quantitative estimate of drug-likeness (QED) is 0.702. The summed E-state index contributed by atoms with van der Waals surface area (Å²) in [5, 5.41) is 3.15. The second-order valence-corrected chi connectivity index (χ2v) is 7.08. The Kier molecular flexibility index (Phi) is 4.71. The van der Waals surface area contributed by atoms with Crippen LogP contribution in [0.5, 0.6) is 0 Å². The Labute approximate surface area is 160 Å². The summed E-state index contributed by atoms with van der Waals surface area (Å²) in [4.78, 5) is 15.2. The molecule has 0 radical (unpaired) electrons. The number of anilines is 1. The van der Waals surface area contributed by atoms with Crippen molar-refractivity contribution in [3.63, 3.8) is 0 Å². The van der Waals surface area contributed by atoms with E-state index in [-0.39, 0.29) is 12.1 Å². The van der Waals surface area contributed by atoms with Crippen LogP contribution in [0.25, 0.3) is 0 Å². The van der Waals surface area contributed by atoms with E-state index in [1.165, 1.54) is 5.56 Å². The molecule has 3 aromatic rings. The van der Waals surface area contributed by atoms with Crippen molar-refractivity contribution in [3.05, 3.63) is 89.2 Å². The largest absolute Gasteiger partial charge is 0.348 e. The molecule has 4 heteroatoms. The van der Waals surface area contributed by atoms with Crippen molar-refractivity contribution in [2.75, 3.05) is 11.9 Å². The number of rotatable bonds is 3. The summed E-state index contributed by atoms with van der Waals surface area (Å²) in [5.41, 5.74) is 5.56. The topological polar surface area (TPSA) is 37.3 Å². The van der Waals surface area contributed by atoms with E-state index >= 15 is 0 Å². The van der Waals surface area contributed by atoms with E-state index in [0.717, 1.165) is 35.5 Å². The molecule has 1 N–H and O–H groups in total. The third kappa shape index (κ3) is 3.35. The maximum atomic E-state index is 13.2. The lowest BCUT2D eigenvalue weighted by Crippen LogP contribution is -2.44. The molecule has 0 saturated carbocycles. The second kappa shape index (κ2) is 7.31. The average Bonchev–Trinajstić information content (AvgIpc) is 3.16. The van der Waals surface area contributed by atoms with Crippen LogP contribution in [-0.4, -0.2) is 22.0 Å². The van der Waals surface area contributed by atoms with Crippen molar-refractivity contribution in [3.8, 4) is 0 Å². The maximum Gasteiger partial charge on any atom is 0.322 e. The van der Waals surface area contributed by atoms with E-state index in [0.29, 0.717) is 6.54 Å². The van der Waals surface area contributed by atoms with Gasteiger partial charge < -0.3 is 14.8 Å². The van der Waals surface area contributed by atoms with E-state index in [1.54, 1.807) is 0 Å². The number of aromatic nitrogens is 1. The van der Waals surface area contributed by atoms with Gasteiger partial charge in [0.15, 0.2) is 0 Å². The highest BCUT2D eigenvalue weighted by molar-refractivity contribution is 5.90. The molecule has 138 valence electrons. The molecule has 1 atom stereocenters. The Morgan fingerprint density at radius 3 is 2.74 bits per heavy atom. The SMILES string of the molecule is CCc1ccccc1NC(=O)N1CCn2cccc2C1c1cccc(C)c1. The predicted octanol–water partition coefficient (Wildman–Crippen LogP) is 5.00. The van der Waals surface area contributed by atoms with E-state index < -0.39 is 0 Å². The molecule has 0 fully saturated rings. The monoisotopic (exact) mass is 359 g/mol. The van der Waals surface area contributed by atoms with Gasteiger partial charge in [0.25, 0.3) is 0 Å². The molecule has 2 aromatic carbocycles. The first-order valence-corrected chi connectivity index (χ1v) is 9.54. The number of amides is 2. The minimum Gasteiger partial charge on any atom is -0.348 e. The second-order valence-electron chi connectivity index (χ2n) is 7.08. The molecule has 27 heavy (non-hydrogen) atoms. The highest BCUT2D eigenvalue weighted by Crippen LogP contribution is 2.33. The van der Waals surface area contributed by atoms with Gasteiger partial charge in [-0.2, -0.15) is 0 Å². The van der Waals surface area contributed by atoms with Gasteiger partial charge in [-0.05, 0) is 42.7 Å². The molecule has 2 heterocycles. The van der Waals surface area contributed by atoms with E-state index in [9.17, 15) is 4.79 Å². The number of nitrogens with one attached hydrogen (secondary N) is 1. The van der Waals surface area contributed by atoms with Crippen LogP contribution >= 0.6 is 0 Å². The van der Waals surface area contributed by atoms with Crippen LogP contribution in [-0.2, 0) is 13.0 Å². The number of hydrogen-bond acceptors (Lipinski definition) is 1. The zero-order valence-electron chi connectivity index (χ0n) is 15.9. The fourth-order valence-electron chi connectivity index (χ4n) is 3.93. The summed E-state index contributed by atoms with van der Waals surface area (Å²) >= 11 is 0. The third-order valence-corrected chi connectivity index (χ3v) is 5.30. The smallest absolute Gasteiger partial charge is 0.322 e. The van der Waals surface area contributed by atoms with Gasteiger partial charge in [-0.3, -0.25) is 0 Å². The number of hydrogen-bond donors (Lipinski definition) is 1. The first-order chi connectivity index (χ1) is 13.2. The number of urea groups is 1. The highest BCUT2D eigenvalue weighted by atomic mass is 16.2. The van der Waals surface area contributed by atoms with Crippen molar-refractivity contribution in [2.45, 2.75) is 32.9 Å². The van der Waals surface area contributed by atoms with Gasteiger partial charge in [-0.1, -0.05) is 55.0 Å². The number of aryl methyl sites for hydroxylation is 2. The van der Waals surface area contributed by atoms with Crippen LogP contribution in [0.15, 0.2) is 66.9 Å². The Morgan fingerprint density at radius 1 is 1.07 bits per heavy atom. The molecule has 2 amide bonds. The number of benzene rings is 2. The maximum absolute atomic E-state index is 13.2. The zero-order valence-corrected chi connectivity index (χ0v) is 15.9. The van der Waals surface area contributed by atoms with Gasteiger partial charge in [-0.25, -0.2) is 4.79 Å². The van der Waals surface area contributed by atoms with Gasteiger partial charge in [-0.15, -0.1) is 0 Å². The van der Waals surface area contributed by atoms with E-state index in [4.69, 9.17) is 0 Å². The van der Waals surface area contributed by atoms with Gasteiger partial charge in [0.1, 0.15) is 0 Å². The van der Waals surface area contributed by atoms with Crippen LogP contribution in [0.2, 0.25) is 0 Å². The summed E-state index contributed by atoms with van der Waals surface area (Å²) in [6.07, 6.45) is 2.99. The molecule has 1 unspecified atom stereocenters. The molecular formula is C23H25N3O. The summed E-state index contributed by atoms with van der Waals surface area (Å²) in [6.45, 7) is 5.69. The number of nitrogens with zero attached hydrogens (tertiary/aromatic N) is 2. The average molecular weight is 359 g/mol. The van der Waals surface area contributed by atoms with E-state index in [2.05, 4.69) is 72.4 Å². The van der Waals surface area contributed by atoms with Crippen LogP contribution < -0.4 is 5.32 Å². The summed E-state index contributed by atoms with van der Waals surface area (Å²) in [6, 6.07) is 20.5. The minimum atomic E-state index is -0.0811. The summed E-state index contributed by atoms with van der Waals surface area (Å²) < 4.78 is 2.25. The van der Waals surface area contributed by atoms with Gasteiger partial charge in [0.05, 0.1) is 6.04 Å². The molecule has 1 aromatic heterocycles. The molecule has 0 bridgehead atoms. The third-order valence-electron chi connectivity index (χ3n) is 5.30. The van der Waals surface area contributed by atoms with Crippen molar-refractivity contribution >= 4 is 11.7 Å². The molecule has 4 nitrogen and oxygen atoms in total. The van der Waals surface area contributed by atoms with Crippen molar-refractivity contribution in [1.29, 1.82) is 0 Å². The van der Waals surface area contributed by atoms with Gasteiger partial charge >= 0.3 is 6.03 Å². The minimum absolute atomic E-state index is 0.0464. The number of carbonyl (C=O) groups is 1. The molecule has 4 rings (SSSR count). The van der Waals surface area contributed by atoms with Crippen LogP contribution in [0.1, 0.15) is 35.3 Å². The van der Waals surface area contributed by atoms with Gasteiger partial charge in [0.2, 0.25) is 0 Å². The van der Waals surface area contributed by atoms with Crippen LogP contribution in [0.3, 0.4) is 0 Å². The first-order valence-electron chi connectivity index (χ1n) is 9.54. The Hall–Kier alpha value is -3.01. The van der Waals surface area contributed by atoms with Crippen molar-refractivity contribution in [2.24, 2.45) is 0 Å². The summed E-state index contributed by atoms with van der Waals surface area (Å²) in [7, 11) is 0. The van der Waals surface area contributed by atoms with Crippen molar-refractivity contribution in [1.82, 2.24) is 9.47 Å². The number of carbonyl (C=O) groups excluding carboxylic acids is 1. The molecular weight excluding hydrogens is 334 g/mol. The summed E-state index contributed by atoms with van der Waals surface area (Å²) in [5.74, 6) is 0. The zero-order chi connectivity index (χ0) is 18.8. The first kappa shape index (κ1) is 17.4. The van der Waals surface area contributed by atoms with E-state index in [1.807, 2.05) is 23.1 Å². The Balaban J connectivity index is 1.69. The Bertz CT molecular complexity index is 960. The molecule has 0 aliphatic carbocycles. The number of para-hydroxylation sites is 1. The highest BCUT2D eigenvalue weighted by Gasteiger charge is 2.32. The van der Waals surface area contributed by atoms with Crippen LogP contribution in [0, 0.1) is 6.92 Å². The predicted molar refractivity (Wildman–Crippen MR) is 109 cm³/mol. The molecule has 0 saturated heterocycles. The van der Waals surface area contributed by atoms with Crippen molar-refractivity contribution < 1.29 is 4.79 Å². The lowest BCUT2D eigenvalue weighted by Gasteiger charge is -2.37. The molecule has 1 aliphatic rings. The normalized spacial score (nSPS) is 16.1. The molecule has 0 spiro atoms. The lowest BCUT2D eigenvalue weighted by molar-refractivity contribution is 0.182.